The van der Waals surface area contributed by atoms with Crippen molar-refractivity contribution >= 4 is 12.1 Å². The molecule has 0 aliphatic heterocycles. The molecule has 0 heterocycles. The Morgan fingerprint density at radius 2 is 1.85 bits per heavy atom. The number of rotatable bonds is 6. The van der Waals surface area contributed by atoms with Gasteiger partial charge in [-0.25, -0.2) is 4.79 Å². The number of ether oxygens (including phenoxy) is 2. The van der Waals surface area contributed by atoms with Gasteiger partial charge in [0.05, 0.1) is 13.2 Å². The molecule has 1 aromatic carbocycles. The van der Waals surface area contributed by atoms with Gasteiger partial charge in [0.1, 0.15) is 6.04 Å². The van der Waals surface area contributed by atoms with Crippen molar-refractivity contribution in [2.75, 3.05) is 7.11 Å². The van der Waals surface area contributed by atoms with E-state index in [2.05, 4.69) is 10.2 Å². The zero-order valence-electron chi connectivity index (χ0n) is 11.8. The number of hydrogen-bond donors (Lipinski definition) is 1. The summed E-state index contributed by atoms with van der Waals surface area (Å²) in [5, 5.41) is 0. The van der Waals surface area contributed by atoms with Gasteiger partial charge in [-0.05, 0) is 19.4 Å². The third-order valence-electron chi connectivity index (χ3n) is 2.38. The van der Waals surface area contributed by atoms with Crippen molar-refractivity contribution in [2.24, 2.45) is 0 Å². The van der Waals surface area contributed by atoms with E-state index in [4.69, 9.17) is 9.57 Å². The Labute approximate surface area is 118 Å². The highest BCUT2D eigenvalue weighted by atomic mass is 16.8. The number of carbonyl (C=O) groups is 2. The van der Waals surface area contributed by atoms with Crippen molar-refractivity contribution in [3.8, 4) is 0 Å². The van der Waals surface area contributed by atoms with Gasteiger partial charge in [0.2, 0.25) is 0 Å². The molecule has 0 unspecified atom stereocenters. The molecule has 0 spiro atoms. The van der Waals surface area contributed by atoms with Crippen LogP contribution in [0.3, 0.4) is 0 Å². The maximum atomic E-state index is 11.6. The van der Waals surface area contributed by atoms with Gasteiger partial charge >= 0.3 is 12.1 Å². The molecule has 6 nitrogen and oxygen atoms in total. The van der Waals surface area contributed by atoms with Gasteiger partial charge in [-0.15, -0.1) is 5.48 Å². The second-order valence-electron chi connectivity index (χ2n) is 4.40. The van der Waals surface area contributed by atoms with Gasteiger partial charge in [0, 0.05) is 6.42 Å². The number of hydroxylamine groups is 1. The van der Waals surface area contributed by atoms with Crippen molar-refractivity contribution < 1.29 is 23.9 Å². The molecule has 1 aromatic rings. The van der Waals surface area contributed by atoms with Crippen molar-refractivity contribution in [2.45, 2.75) is 32.4 Å². The number of benzene rings is 1. The Morgan fingerprint density at radius 1 is 1.20 bits per heavy atom. The van der Waals surface area contributed by atoms with Crippen LogP contribution in [0.4, 0.5) is 4.79 Å². The van der Waals surface area contributed by atoms with Crippen LogP contribution in [-0.2, 0) is 25.5 Å². The number of esters is 1. The van der Waals surface area contributed by atoms with Crippen molar-refractivity contribution in [1.82, 2.24) is 5.48 Å². The zero-order chi connectivity index (χ0) is 15.0. The van der Waals surface area contributed by atoms with E-state index in [0.717, 1.165) is 5.56 Å². The van der Waals surface area contributed by atoms with Gasteiger partial charge in [-0.3, -0.25) is 4.79 Å². The van der Waals surface area contributed by atoms with Crippen LogP contribution in [0.5, 0.6) is 0 Å². The highest BCUT2D eigenvalue weighted by Gasteiger charge is 2.22. The predicted molar refractivity (Wildman–Crippen MR) is 71.8 cm³/mol. The lowest BCUT2D eigenvalue weighted by molar-refractivity contribution is -0.146. The van der Waals surface area contributed by atoms with E-state index in [9.17, 15) is 9.59 Å². The molecule has 0 saturated carbocycles. The fourth-order valence-electron chi connectivity index (χ4n) is 1.50. The monoisotopic (exact) mass is 281 g/mol. The smallest absolute Gasteiger partial charge is 0.468 e. The lowest BCUT2D eigenvalue weighted by Crippen LogP contribution is -2.41. The minimum absolute atomic E-state index is 0.296. The fraction of sp³-hybridized carbons (Fsp3) is 0.429. The topological polar surface area (TPSA) is 73.9 Å². The summed E-state index contributed by atoms with van der Waals surface area (Å²) in [5.41, 5.74) is 3.29. The Kier molecular flexibility index (Phi) is 6.52. The number of nitrogens with one attached hydrogen (secondary N) is 1. The summed E-state index contributed by atoms with van der Waals surface area (Å²) in [6, 6.07) is 8.53. The van der Waals surface area contributed by atoms with Gasteiger partial charge in [-0.1, -0.05) is 30.3 Å². The molecule has 1 atom stereocenters. The SMILES string of the molecule is COC(=O)[C@H](Cc1ccccc1)NOC(=O)OC(C)C. The van der Waals surface area contributed by atoms with Gasteiger partial charge in [-0.2, -0.15) is 0 Å². The Hall–Kier alpha value is -2.08. The number of carbonyl (C=O) groups excluding carboxylic acids is 2. The molecular formula is C14H19NO5. The lowest BCUT2D eigenvalue weighted by Gasteiger charge is -2.16. The van der Waals surface area contributed by atoms with Crippen LogP contribution in [0.2, 0.25) is 0 Å². The van der Waals surface area contributed by atoms with E-state index >= 15 is 0 Å². The van der Waals surface area contributed by atoms with E-state index < -0.39 is 18.2 Å². The normalized spacial score (nSPS) is 11.8. The standard InChI is InChI=1S/C14H19NO5/c1-10(2)19-14(17)20-15-12(13(16)18-3)9-11-7-5-4-6-8-11/h4-8,10,12,15H,9H2,1-3H3/t12-/m0/s1. The summed E-state index contributed by atoms with van der Waals surface area (Å²) in [5.74, 6) is -0.522. The summed E-state index contributed by atoms with van der Waals surface area (Å²) in [4.78, 5) is 27.6. The maximum absolute atomic E-state index is 11.6. The quantitative estimate of drug-likeness (QED) is 0.633. The molecule has 6 heteroatoms. The summed E-state index contributed by atoms with van der Waals surface area (Å²) in [6.45, 7) is 3.39. The number of hydrogen-bond acceptors (Lipinski definition) is 6. The number of methoxy groups -OCH3 is 1. The third-order valence-corrected chi connectivity index (χ3v) is 2.38. The van der Waals surface area contributed by atoms with Crippen LogP contribution in [-0.4, -0.2) is 31.4 Å². The Balaban J connectivity index is 2.57. The van der Waals surface area contributed by atoms with Crippen molar-refractivity contribution in [3.63, 3.8) is 0 Å². The second-order valence-corrected chi connectivity index (χ2v) is 4.40. The fourth-order valence-corrected chi connectivity index (χ4v) is 1.50. The van der Waals surface area contributed by atoms with Crippen LogP contribution in [0, 0.1) is 0 Å². The van der Waals surface area contributed by atoms with Crippen LogP contribution in [0.25, 0.3) is 0 Å². The molecule has 0 aromatic heterocycles. The summed E-state index contributed by atoms with van der Waals surface area (Å²) in [7, 11) is 1.27. The maximum Gasteiger partial charge on any atom is 0.527 e. The van der Waals surface area contributed by atoms with Crippen LogP contribution in [0.15, 0.2) is 30.3 Å². The molecule has 0 aliphatic rings. The Morgan fingerprint density at radius 3 is 2.40 bits per heavy atom. The molecule has 0 fully saturated rings. The van der Waals surface area contributed by atoms with Crippen LogP contribution >= 0.6 is 0 Å². The lowest BCUT2D eigenvalue weighted by atomic mass is 10.1. The van der Waals surface area contributed by atoms with Gasteiger partial charge < -0.3 is 14.3 Å². The largest absolute Gasteiger partial charge is 0.527 e. The van der Waals surface area contributed by atoms with Gasteiger partial charge in [0.15, 0.2) is 0 Å². The highest BCUT2D eigenvalue weighted by molar-refractivity contribution is 5.76. The van der Waals surface area contributed by atoms with E-state index in [0.29, 0.717) is 6.42 Å². The zero-order valence-corrected chi connectivity index (χ0v) is 11.8. The van der Waals surface area contributed by atoms with Crippen LogP contribution < -0.4 is 5.48 Å². The highest BCUT2D eigenvalue weighted by Crippen LogP contribution is 2.05. The van der Waals surface area contributed by atoms with E-state index in [-0.39, 0.29) is 6.10 Å². The van der Waals surface area contributed by atoms with E-state index in [1.807, 2.05) is 30.3 Å². The predicted octanol–water partition coefficient (Wildman–Crippen LogP) is 1.84. The van der Waals surface area contributed by atoms with Crippen molar-refractivity contribution in [1.29, 1.82) is 0 Å². The first-order chi connectivity index (χ1) is 9.52. The molecule has 20 heavy (non-hydrogen) atoms. The third kappa shape index (κ3) is 5.71. The molecule has 110 valence electrons. The molecule has 0 saturated heterocycles. The molecule has 0 amide bonds. The minimum Gasteiger partial charge on any atom is -0.468 e. The summed E-state index contributed by atoms with van der Waals surface area (Å²) >= 11 is 0. The molecule has 1 rings (SSSR count). The van der Waals surface area contributed by atoms with Crippen molar-refractivity contribution in [3.05, 3.63) is 35.9 Å². The second kappa shape index (κ2) is 8.16. The molecule has 0 aliphatic carbocycles. The minimum atomic E-state index is -0.887. The first kappa shape index (κ1) is 16.0. The molecule has 1 N–H and O–H groups in total. The van der Waals surface area contributed by atoms with Crippen LogP contribution in [0.1, 0.15) is 19.4 Å². The molecule has 0 radical (unpaired) electrons. The van der Waals surface area contributed by atoms with E-state index in [1.165, 1.54) is 7.11 Å². The molecular weight excluding hydrogens is 262 g/mol. The average molecular weight is 281 g/mol. The first-order valence-corrected chi connectivity index (χ1v) is 6.27. The average Bonchev–Trinajstić information content (AvgIpc) is 2.43. The summed E-state index contributed by atoms with van der Waals surface area (Å²) in [6.07, 6.45) is -0.848. The Bertz CT molecular complexity index is 432. The van der Waals surface area contributed by atoms with E-state index in [1.54, 1.807) is 13.8 Å². The first-order valence-electron chi connectivity index (χ1n) is 6.27. The van der Waals surface area contributed by atoms with Gasteiger partial charge in [0.25, 0.3) is 0 Å². The summed E-state index contributed by atoms with van der Waals surface area (Å²) < 4.78 is 9.45. The molecule has 0 bridgehead atoms.